The Labute approximate surface area is 47.5 Å². The second-order valence-electron chi connectivity index (χ2n) is 1.34. The first-order valence-corrected chi connectivity index (χ1v) is 3.36. The van der Waals surface area contributed by atoms with Gasteiger partial charge in [-0.2, -0.15) is 0 Å². The molecule has 0 saturated carbocycles. The molecule has 0 spiro atoms. The molecule has 0 fully saturated rings. The molecular formula is C4H10NOS+. The van der Waals surface area contributed by atoms with Gasteiger partial charge in [-0.05, 0) is 13.2 Å². The van der Waals surface area contributed by atoms with Crippen LogP contribution >= 0.6 is 11.8 Å². The lowest BCUT2D eigenvalue weighted by molar-refractivity contribution is -0.304. The van der Waals surface area contributed by atoms with Gasteiger partial charge in [-0.1, -0.05) is 0 Å². The maximum atomic E-state index is 10.2. The summed E-state index contributed by atoms with van der Waals surface area (Å²) in [4.78, 5) is 10.2. The van der Waals surface area contributed by atoms with Gasteiger partial charge in [0.2, 0.25) is 0 Å². The fraction of sp³-hybridized carbons (Fsp3) is 0.750. The van der Waals surface area contributed by atoms with Gasteiger partial charge in [-0.25, -0.2) is 4.79 Å². The number of amides is 1. The molecule has 0 saturated heterocycles. The van der Waals surface area contributed by atoms with E-state index < -0.39 is 0 Å². The van der Waals surface area contributed by atoms with Gasteiger partial charge in [-0.3, -0.25) is 5.73 Å². The minimum absolute atomic E-state index is 0.00694. The predicted octanol–water partition coefficient (Wildman–Crippen LogP) is -0.494. The van der Waals surface area contributed by atoms with E-state index in [1.54, 1.807) is 0 Å². The molecule has 0 aromatic heterocycles. The van der Waals surface area contributed by atoms with Crippen molar-refractivity contribution in [3.05, 3.63) is 0 Å². The second kappa shape index (κ2) is 3.04. The Kier molecular flexibility index (Phi) is 3.04. The van der Waals surface area contributed by atoms with Gasteiger partial charge in [0, 0.05) is 0 Å². The van der Waals surface area contributed by atoms with E-state index in [1.165, 1.54) is 11.8 Å². The first kappa shape index (κ1) is 6.98. The molecular weight excluding hydrogens is 110 g/mol. The molecule has 2 nitrogen and oxygen atoms in total. The highest BCUT2D eigenvalue weighted by Crippen LogP contribution is 2.00. The van der Waals surface area contributed by atoms with Crippen LogP contribution in [0.15, 0.2) is 0 Å². The zero-order valence-electron chi connectivity index (χ0n) is 4.60. The van der Waals surface area contributed by atoms with Crippen molar-refractivity contribution in [1.82, 2.24) is 0 Å². The third-order valence-electron chi connectivity index (χ3n) is 0.807. The molecule has 0 rings (SSSR count). The van der Waals surface area contributed by atoms with Crippen molar-refractivity contribution in [2.75, 3.05) is 6.26 Å². The monoisotopic (exact) mass is 120 g/mol. The SMILES string of the molecule is CSC(C)C([NH3+])=O. The zero-order chi connectivity index (χ0) is 5.86. The maximum absolute atomic E-state index is 10.2. The van der Waals surface area contributed by atoms with Crippen molar-refractivity contribution in [1.29, 1.82) is 0 Å². The first-order valence-electron chi connectivity index (χ1n) is 2.07. The van der Waals surface area contributed by atoms with E-state index in [0.29, 0.717) is 0 Å². The number of hydrogen-bond donors (Lipinski definition) is 1. The summed E-state index contributed by atoms with van der Waals surface area (Å²) in [6.07, 6.45) is 1.90. The van der Waals surface area contributed by atoms with Gasteiger partial charge in [0.05, 0.1) is 0 Å². The molecule has 7 heavy (non-hydrogen) atoms. The lowest BCUT2D eigenvalue weighted by Crippen LogP contribution is -2.60. The number of quaternary nitrogens is 1. The number of hydrogen-bond acceptors (Lipinski definition) is 2. The Balaban J connectivity index is 3.34. The van der Waals surface area contributed by atoms with Crippen LogP contribution in [0.2, 0.25) is 0 Å². The van der Waals surface area contributed by atoms with Crippen LogP contribution in [-0.4, -0.2) is 17.4 Å². The number of thioether (sulfide) groups is 1. The fourth-order valence-corrected chi connectivity index (χ4v) is 0.394. The van der Waals surface area contributed by atoms with Crippen molar-refractivity contribution in [3.63, 3.8) is 0 Å². The van der Waals surface area contributed by atoms with Crippen LogP contribution in [0.1, 0.15) is 6.92 Å². The summed E-state index contributed by atoms with van der Waals surface area (Å²) in [7, 11) is 0. The van der Waals surface area contributed by atoms with Crippen molar-refractivity contribution in [3.8, 4) is 0 Å². The van der Waals surface area contributed by atoms with Crippen LogP contribution in [0.25, 0.3) is 0 Å². The van der Waals surface area contributed by atoms with Gasteiger partial charge in [-0.15, -0.1) is 11.8 Å². The van der Waals surface area contributed by atoms with Crippen molar-refractivity contribution >= 4 is 17.7 Å². The summed E-state index contributed by atoms with van der Waals surface area (Å²) < 4.78 is 0. The highest BCUT2D eigenvalue weighted by Gasteiger charge is 2.07. The van der Waals surface area contributed by atoms with Crippen LogP contribution in [-0.2, 0) is 4.79 Å². The van der Waals surface area contributed by atoms with Gasteiger partial charge < -0.3 is 0 Å². The van der Waals surface area contributed by atoms with E-state index in [4.69, 9.17) is 0 Å². The Morgan fingerprint density at radius 1 is 1.86 bits per heavy atom. The van der Waals surface area contributed by atoms with E-state index >= 15 is 0 Å². The topological polar surface area (TPSA) is 44.7 Å². The number of carbonyl (C=O) groups is 1. The van der Waals surface area contributed by atoms with Gasteiger partial charge in [0.1, 0.15) is 5.25 Å². The van der Waals surface area contributed by atoms with Gasteiger partial charge in [0.15, 0.2) is 0 Å². The van der Waals surface area contributed by atoms with E-state index in [-0.39, 0.29) is 11.2 Å². The summed E-state index contributed by atoms with van der Waals surface area (Å²) >= 11 is 1.52. The molecule has 1 atom stereocenters. The van der Waals surface area contributed by atoms with E-state index in [0.717, 1.165) is 0 Å². The summed E-state index contributed by atoms with van der Waals surface area (Å²) in [5, 5.41) is 0.0694. The largest absolute Gasteiger partial charge is 0.321 e. The van der Waals surface area contributed by atoms with Gasteiger partial charge in [0.25, 0.3) is 0 Å². The second-order valence-corrected chi connectivity index (χ2v) is 2.52. The van der Waals surface area contributed by atoms with Crippen molar-refractivity contribution < 1.29 is 10.5 Å². The number of rotatable bonds is 2. The minimum Gasteiger partial charge on any atom is -0.294 e. The molecule has 1 amide bonds. The molecule has 0 aromatic carbocycles. The van der Waals surface area contributed by atoms with Crippen LogP contribution in [0, 0.1) is 0 Å². The summed E-state index contributed by atoms with van der Waals surface area (Å²) in [5.41, 5.74) is 3.25. The standard InChI is InChI=1S/C4H9NOS/c1-3(7-2)4(5)6/h3H,1-2H3,(H2,5,6)/p+1. The van der Waals surface area contributed by atoms with Crippen LogP contribution in [0.5, 0.6) is 0 Å². The molecule has 3 N–H and O–H groups in total. The Morgan fingerprint density at radius 2 is 2.29 bits per heavy atom. The third-order valence-corrected chi connectivity index (χ3v) is 1.78. The molecule has 1 unspecified atom stereocenters. The summed E-state index contributed by atoms with van der Waals surface area (Å²) in [5.74, 6) is 0.00694. The molecule has 3 heteroatoms. The van der Waals surface area contributed by atoms with Gasteiger partial charge >= 0.3 is 5.91 Å². The first-order chi connectivity index (χ1) is 3.18. The molecule has 42 valence electrons. The summed E-state index contributed by atoms with van der Waals surface area (Å²) in [6.45, 7) is 1.85. The fourth-order valence-electron chi connectivity index (χ4n) is 0.131. The molecule has 0 radical (unpaired) electrons. The zero-order valence-corrected chi connectivity index (χ0v) is 5.42. The maximum Gasteiger partial charge on any atom is 0.321 e. The highest BCUT2D eigenvalue weighted by atomic mass is 32.2. The minimum atomic E-state index is 0.00694. The van der Waals surface area contributed by atoms with Crippen LogP contribution < -0.4 is 5.73 Å². The molecule has 0 aliphatic heterocycles. The molecule has 0 aromatic rings. The van der Waals surface area contributed by atoms with E-state index in [9.17, 15) is 4.79 Å². The molecule has 0 aliphatic carbocycles. The lowest BCUT2D eigenvalue weighted by atomic mass is 10.5. The molecule has 0 heterocycles. The lowest BCUT2D eigenvalue weighted by Gasteiger charge is -1.94. The van der Waals surface area contributed by atoms with Crippen molar-refractivity contribution in [2.45, 2.75) is 12.2 Å². The normalized spacial score (nSPS) is 13.6. The predicted molar refractivity (Wildman–Crippen MR) is 30.9 cm³/mol. The average molecular weight is 120 g/mol. The average Bonchev–Trinajstić information content (AvgIpc) is 1.65. The highest BCUT2D eigenvalue weighted by molar-refractivity contribution is 7.99. The third kappa shape index (κ3) is 2.65. The van der Waals surface area contributed by atoms with E-state index in [2.05, 4.69) is 5.73 Å². The Hall–Kier alpha value is -0.0200. The number of carbonyl (C=O) groups excluding carboxylic acids is 1. The van der Waals surface area contributed by atoms with E-state index in [1.807, 2.05) is 13.2 Å². The summed E-state index contributed by atoms with van der Waals surface area (Å²) in [6, 6.07) is 0. The molecule has 0 aliphatic rings. The smallest absolute Gasteiger partial charge is 0.294 e. The van der Waals surface area contributed by atoms with Crippen LogP contribution in [0.4, 0.5) is 0 Å². The molecule has 0 bridgehead atoms. The van der Waals surface area contributed by atoms with Crippen LogP contribution in [0.3, 0.4) is 0 Å². The Bertz CT molecular complexity index is 74.1. The van der Waals surface area contributed by atoms with Crippen molar-refractivity contribution in [2.24, 2.45) is 0 Å². The quantitative estimate of drug-likeness (QED) is 0.534. The Morgan fingerprint density at radius 3 is 2.29 bits per heavy atom.